The van der Waals surface area contributed by atoms with E-state index in [0.717, 1.165) is 24.3 Å². The Hall–Kier alpha value is -2.74. The number of hydrogen-bond acceptors (Lipinski definition) is 2. The van der Waals surface area contributed by atoms with Crippen LogP contribution in [0.3, 0.4) is 0 Å². The van der Waals surface area contributed by atoms with Crippen LogP contribution in [-0.4, -0.2) is 22.3 Å². The van der Waals surface area contributed by atoms with Crippen molar-refractivity contribution in [2.24, 2.45) is 0 Å². The highest BCUT2D eigenvalue weighted by Crippen LogP contribution is 2.46. The van der Waals surface area contributed by atoms with Crippen molar-refractivity contribution >= 4 is 42.9 Å². The molecule has 38 heavy (non-hydrogen) atoms. The fourth-order valence-corrected chi connectivity index (χ4v) is 4.29. The molecule has 0 N–H and O–H groups in total. The van der Waals surface area contributed by atoms with E-state index in [4.69, 9.17) is 0 Å². The molecule has 200 valence electrons. The van der Waals surface area contributed by atoms with Gasteiger partial charge in [0, 0.05) is 31.2 Å². The number of aromatic nitrogens is 2. The Labute approximate surface area is 224 Å². The quantitative estimate of drug-likeness (QED) is 0.201. The monoisotopic (exact) mass is 674 g/mol. The minimum atomic E-state index is -5.83. The molecule has 0 spiro atoms. The summed E-state index contributed by atoms with van der Waals surface area (Å²) >= 11 is 6.58. The number of fused-ring (bicyclic) bond motifs is 1. The minimum Gasteiger partial charge on any atom is -0.243 e. The van der Waals surface area contributed by atoms with E-state index in [1.165, 1.54) is 0 Å². The molecular weight excluding hydrogens is 666 g/mol. The molecule has 4 aromatic rings. The number of benzene rings is 3. The first-order valence-corrected chi connectivity index (χ1v) is 11.8. The Balaban J connectivity index is 1.91. The normalized spacial score (nSPS) is 13.3. The molecule has 0 aliphatic carbocycles. The van der Waals surface area contributed by atoms with Gasteiger partial charge in [0.1, 0.15) is 11.0 Å². The van der Waals surface area contributed by atoms with Crippen LogP contribution in [0.5, 0.6) is 0 Å². The molecular formula is C24H10Br2F10N2. The topological polar surface area (TPSA) is 25.8 Å². The first-order valence-electron chi connectivity index (χ1n) is 10.2. The zero-order valence-electron chi connectivity index (χ0n) is 18.2. The summed E-state index contributed by atoms with van der Waals surface area (Å²) in [6, 6.07) is 9.24. The molecule has 0 aliphatic rings. The van der Waals surface area contributed by atoms with Crippen molar-refractivity contribution in [3.05, 3.63) is 80.7 Å². The number of hydrogen-bond donors (Lipinski definition) is 0. The highest BCUT2D eigenvalue weighted by molar-refractivity contribution is 9.11. The highest BCUT2D eigenvalue weighted by Gasteiger charge is 2.59. The van der Waals surface area contributed by atoms with Gasteiger partial charge in [-0.05, 0) is 44.0 Å². The van der Waals surface area contributed by atoms with Crippen molar-refractivity contribution in [1.29, 1.82) is 0 Å². The molecule has 0 atom stereocenters. The van der Waals surface area contributed by atoms with Crippen LogP contribution >= 0.6 is 31.9 Å². The molecule has 0 aliphatic heterocycles. The minimum absolute atomic E-state index is 0.0349. The average molecular weight is 676 g/mol. The van der Waals surface area contributed by atoms with E-state index >= 15 is 0 Å². The van der Waals surface area contributed by atoms with Crippen LogP contribution in [0.2, 0.25) is 0 Å². The second-order valence-corrected chi connectivity index (χ2v) is 9.65. The van der Waals surface area contributed by atoms with Gasteiger partial charge in [-0.15, -0.1) is 0 Å². The van der Waals surface area contributed by atoms with E-state index in [0.29, 0.717) is 33.2 Å². The number of halogens is 12. The van der Waals surface area contributed by atoms with Crippen LogP contribution < -0.4 is 0 Å². The summed E-state index contributed by atoms with van der Waals surface area (Å²) in [6.07, 6.45) is -11.7. The first kappa shape index (κ1) is 28.3. The predicted molar refractivity (Wildman–Crippen MR) is 126 cm³/mol. The smallest absolute Gasteiger partial charge is 0.243 e. The average Bonchev–Trinajstić information content (AvgIpc) is 2.84. The summed E-state index contributed by atoms with van der Waals surface area (Å²) in [4.78, 5) is 8.91. The third-order valence-corrected chi connectivity index (χ3v) is 6.76. The van der Waals surface area contributed by atoms with Crippen LogP contribution in [0.4, 0.5) is 43.9 Å². The van der Waals surface area contributed by atoms with Gasteiger partial charge in [0.25, 0.3) is 0 Å². The van der Waals surface area contributed by atoms with Crippen molar-refractivity contribution in [2.75, 3.05) is 0 Å². The van der Waals surface area contributed by atoms with Crippen LogP contribution in [0, 0.1) is 0 Å². The van der Waals surface area contributed by atoms with Gasteiger partial charge >= 0.3 is 24.2 Å². The van der Waals surface area contributed by atoms with Gasteiger partial charge in [0.2, 0.25) is 0 Å². The summed E-state index contributed by atoms with van der Waals surface area (Å²) in [7, 11) is 0. The lowest BCUT2D eigenvalue weighted by Gasteiger charge is -2.20. The van der Waals surface area contributed by atoms with E-state index in [9.17, 15) is 43.9 Å². The Morgan fingerprint density at radius 2 is 0.737 bits per heavy atom. The fourth-order valence-electron chi connectivity index (χ4n) is 3.48. The maximum Gasteiger partial charge on any atom is 0.458 e. The lowest BCUT2D eigenvalue weighted by atomic mass is 9.99. The lowest BCUT2D eigenvalue weighted by Crippen LogP contribution is -2.33. The van der Waals surface area contributed by atoms with E-state index in [1.807, 2.05) is 0 Å². The third-order valence-electron chi connectivity index (χ3n) is 5.48. The summed E-state index contributed by atoms with van der Waals surface area (Å²) in [5, 5.41) is 0. The van der Waals surface area contributed by atoms with Gasteiger partial charge in [0.05, 0.1) is 11.4 Å². The van der Waals surface area contributed by atoms with Gasteiger partial charge in [-0.25, -0.2) is 9.97 Å². The maximum absolute atomic E-state index is 13.8. The number of rotatable bonds is 4. The van der Waals surface area contributed by atoms with Crippen molar-refractivity contribution in [2.45, 2.75) is 24.2 Å². The molecule has 0 radical (unpaired) electrons. The molecule has 3 aromatic carbocycles. The molecule has 4 rings (SSSR count). The second kappa shape index (κ2) is 9.47. The fraction of sp³-hybridized carbons (Fsp3) is 0.167. The Morgan fingerprint density at radius 1 is 0.447 bits per heavy atom. The summed E-state index contributed by atoms with van der Waals surface area (Å²) in [6.45, 7) is 0. The van der Waals surface area contributed by atoms with Gasteiger partial charge < -0.3 is 0 Å². The van der Waals surface area contributed by atoms with Gasteiger partial charge in [-0.1, -0.05) is 48.5 Å². The highest BCUT2D eigenvalue weighted by atomic mass is 79.9. The van der Waals surface area contributed by atoms with Crippen LogP contribution in [0.25, 0.3) is 33.5 Å². The summed E-state index contributed by atoms with van der Waals surface area (Å²) < 4.78 is 133. The molecule has 0 unspecified atom stereocenters. The molecule has 1 aromatic heterocycles. The van der Waals surface area contributed by atoms with E-state index < -0.39 is 35.3 Å². The largest absolute Gasteiger partial charge is 0.458 e. The second-order valence-electron chi connectivity index (χ2n) is 7.95. The Morgan fingerprint density at radius 3 is 1.00 bits per heavy atom. The summed E-state index contributed by atoms with van der Waals surface area (Å²) in [5.41, 5.74) is -2.17. The Bertz CT molecular complexity index is 1380. The molecule has 0 saturated carbocycles. The molecule has 0 fully saturated rings. The van der Waals surface area contributed by atoms with Crippen LogP contribution in [0.15, 0.2) is 69.6 Å². The van der Waals surface area contributed by atoms with Crippen molar-refractivity contribution in [3.63, 3.8) is 0 Å². The standard InChI is InChI=1S/C24H10Br2F10N2/c25-15-9-10-16(26)20-19(15)37-17(11-1-5-13(6-2-11)21(27,28)23(31,32)33)18(38-20)12-3-7-14(8-4-12)22(29,30)24(34,35)36/h1-10H. The molecule has 0 amide bonds. The zero-order valence-corrected chi connectivity index (χ0v) is 21.4. The molecule has 14 heteroatoms. The molecule has 1 heterocycles. The van der Waals surface area contributed by atoms with Crippen LogP contribution in [-0.2, 0) is 11.8 Å². The third kappa shape index (κ3) is 4.88. The van der Waals surface area contributed by atoms with E-state index in [2.05, 4.69) is 41.8 Å². The maximum atomic E-state index is 13.8. The van der Waals surface area contributed by atoms with Crippen molar-refractivity contribution in [1.82, 2.24) is 9.97 Å². The van der Waals surface area contributed by atoms with Gasteiger partial charge in [0.15, 0.2) is 0 Å². The van der Waals surface area contributed by atoms with Crippen molar-refractivity contribution < 1.29 is 43.9 Å². The molecule has 0 bridgehead atoms. The number of alkyl halides is 10. The van der Waals surface area contributed by atoms with Gasteiger partial charge in [-0.2, -0.15) is 43.9 Å². The Kier molecular flexibility index (Phi) is 7.05. The van der Waals surface area contributed by atoms with E-state index in [1.54, 1.807) is 12.1 Å². The molecule has 0 saturated heterocycles. The zero-order chi connectivity index (χ0) is 28.3. The molecule has 2 nitrogen and oxygen atoms in total. The predicted octanol–water partition coefficient (Wildman–Crippen LogP) is 9.80. The lowest BCUT2D eigenvalue weighted by molar-refractivity contribution is -0.289. The number of nitrogens with zero attached hydrogens (tertiary/aromatic N) is 2. The van der Waals surface area contributed by atoms with Crippen molar-refractivity contribution in [3.8, 4) is 22.5 Å². The SMILES string of the molecule is FC(F)(F)C(F)(F)c1ccc(-c2nc3c(Br)ccc(Br)c3nc2-c2ccc(C(F)(F)C(F)(F)F)cc2)cc1. The first-order chi connectivity index (χ1) is 17.4. The summed E-state index contributed by atoms with van der Waals surface area (Å²) in [5.74, 6) is -10.3. The van der Waals surface area contributed by atoms with Crippen LogP contribution in [0.1, 0.15) is 11.1 Å². The van der Waals surface area contributed by atoms with Gasteiger partial charge in [-0.3, -0.25) is 0 Å². The van der Waals surface area contributed by atoms with E-state index in [-0.39, 0.29) is 33.5 Å².